The fourth-order valence-electron chi connectivity index (χ4n) is 4.44. The lowest BCUT2D eigenvalue weighted by Gasteiger charge is -2.32. The first-order chi connectivity index (χ1) is 15.6. The molecule has 0 radical (unpaired) electrons. The smallest absolute Gasteiger partial charge is 0.278 e. The Bertz CT molecular complexity index is 1010. The standard InChI is InChI=1S/C27H32N2O3/c1-3-4-18-32-19-8-17-29-26(30)24(22-14-12-20(2)13-15-22)25(27(29)31)28-16-7-10-21-9-5-6-11-23(21)28/h5-6,9,11-15H,3-4,7-8,10,16-19H2,1-2H3. The first-order valence-corrected chi connectivity index (χ1v) is 11.7. The van der Waals surface area contributed by atoms with Crippen LogP contribution in [0.25, 0.3) is 5.57 Å². The molecule has 2 aliphatic rings. The number of anilines is 1. The van der Waals surface area contributed by atoms with E-state index in [9.17, 15) is 9.59 Å². The second-order valence-corrected chi connectivity index (χ2v) is 8.55. The zero-order valence-electron chi connectivity index (χ0n) is 19.1. The maximum absolute atomic E-state index is 13.6. The lowest BCUT2D eigenvalue weighted by Crippen LogP contribution is -2.37. The summed E-state index contributed by atoms with van der Waals surface area (Å²) in [5.41, 5.74) is 5.20. The Morgan fingerprint density at radius 1 is 0.938 bits per heavy atom. The number of amides is 2. The summed E-state index contributed by atoms with van der Waals surface area (Å²) in [5, 5.41) is 0. The van der Waals surface area contributed by atoms with E-state index in [4.69, 9.17) is 4.74 Å². The Hall–Kier alpha value is -2.92. The van der Waals surface area contributed by atoms with E-state index in [0.717, 1.165) is 55.6 Å². The van der Waals surface area contributed by atoms with Gasteiger partial charge in [0.15, 0.2) is 0 Å². The number of fused-ring (bicyclic) bond motifs is 1. The third kappa shape index (κ3) is 4.49. The summed E-state index contributed by atoms with van der Waals surface area (Å²) >= 11 is 0. The molecular formula is C27H32N2O3. The Kier molecular flexibility index (Phi) is 7.05. The summed E-state index contributed by atoms with van der Waals surface area (Å²) in [6, 6.07) is 16.1. The zero-order valence-corrected chi connectivity index (χ0v) is 19.1. The molecule has 0 bridgehead atoms. The molecule has 2 amide bonds. The molecule has 32 heavy (non-hydrogen) atoms. The minimum absolute atomic E-state index is 0.198. The number of rotatable bonds is 9. The van der Waals surface area contributed by atoms with Crippen LogP contribution in [0.15, 0.2) is 54.2 Å². The average molecular weight is 433 g/mol. The highest BCUT2D eigenvalue weighted by molar-refractivity contribution is 6.36. The topological polar surface area (TPSA) is 49.9 Å². The van der Waals surface area contributed by atoms with E-state index in [-0.39, 0.29) is 11.8 Å². The highest BCUT2D eigenvalue weighted by atomic mass is 16.5. The van der Waals surface area contributed by atoms with Crippen LogP contribution in [0, 0.1) is 6.92 Å². The van der Waals surface area contributed by atoms with E-state index in [1.54, 1.807) is 0 Å². The van der Waals surface area contributed by atoms with Gasteiger partial charge in [-0.25, -0.2) is 0 Å². The molecule has 2 aromatic rings. The molecule has 0 N–H and O–H groups in total. The first-order valence-electron chi connectivity index (χ1n) is 11.7. The third-order valence-corrected chi connectivity index (χ3v) is 6.18. The maximum atomic E-state index is 13.6. The van der Waals surface area contributed by atoms with E-state index >= 15 is 0 Å². The van der Waals surface area contributed by atoms with Crippen molar-refractivity contribution >= 4 is 23.1 Å². The molecule has 2 aliphatic heterocycles. The Morgan fingerprint density at radius 2 is 1.69 bits per heavy atom. The largest absolute Gasteiger partial charge is 0.381 e. The van der Waals surface area contributed by atoms with Crippen LogP contribution in [0.4, 0.5) is 5.69 Å². The fraction of sp³-hybridized carbons (Fsp3) is 0.407. The number of imide groups is 1. The monoisotopic (exact) mass is 432 g/mol. The SMILES string of the molecule is CCCCOCCCN1C(=O)C(c2ccc(C)cc2)=C(N2CCCc3ccccc32)C1=O. The van der Waals surface area contributed by atoms with E-state index in [2.05, 4.69) is 24.0 Å². The number of aryl methyl sites for hydroxylation is 2. The zero-order chi connectivity index (χ0) is 22.5. The molecule has 5 nitrogen and oxygen atoms in total. The first kappa shape index (κ1) is 22.3. The van der Waals surface area contributed by atoms with Gasteiger partial charge in [-0.05, 0) is 49.8 Å². The predicted molar refractivity (Wildman–Crippen MR) is 127 cm³/mol. The van der Waals surface area contributed by atoms with Crippen LogP contribution in [0.2, 0.25) is 0 Å². The summed E-state index contributed by atoms with van der Waals surface area (Å²) in [4.78, 5) is 30.6. The van der Waals surface area contributed by atoms with Gasteiger partial charge in [0.1, 0.15) is 5.70 Å². The molecule has 168 valence electrons. The van der Waals surface area contributed by atoms with Crippen molar-refractivity contribution in [3.05, 3.63) is 70.9 Å². The molecule has 0 spiro atoms. The minimum Gasteiger partial charge on any atom is -0.381 e. The number of para-hydroxylation sites is 1. The number of hydrogen-bond donors (Lipinski definition) is 0. The average Bonchev–Trinajstić information content (AvgIpc) is 3.06. The van der Waals surface area contributed by atoms with Crippen LogP contribution >= 0.6 is 0 Å². The molecule has 0 atom stereocenters. The predicted octanol–water partition coefficient (Wildman–Crippen LogP) is 4.73. The van der Waals surface area contributed by atoms with E-state index in [1.165, 1.54) is 10.5 Å². The van der Waals surface area contributed by atoms with E-state index < -0.39 is 0 Å². The van der Waals surface area contributed by atoms with Crippen LogP contribution in [0.5, 0.6) is 0 Å². The van der Waals surface area contributed by atoms with Gasteiger partial charge in [0.2, 0.25) is 0 Å². The normalized spacial score (nSPS) is 16.2. The molecule has 0 aromatic heterocycles. The number of carbonyl (C=O) groups excluding carboxylic acids is 2. The molecule has 0 saturated carbocycles. The Labute approximate surface area is 190 Å². The van der Waals surface area contributed by atoms with Crippen LogP contribution in [-0.4, -0.2) is 43.0 Å². The molecule has 2 aromatic carbocycles. The number of carbonyl (C=O) groups is 2. The molecular weight excluding hydrogens is 400 g/mol. The van der Waals surface area contributed by atoms with Crippen molar-refractivity contribution in [2.75, 3.05) is 31.2 Å². The molecule has 2 heterocycles. The molecule has 0 saturated heterocycles. The van der Waals surface area contributed by atoms with Crippen molar-refractivity contribution in [3.8, 4) is 0 Å². The van der Waals surface area contributed by atoms with Gasteiger partial charge >= 0.3 is 0 Å². The summed E-state index contributed by atoms with van der Waals surface area (Å²) in [5.74, 6) is -0.402. The fourth-order valence-corrected chi connectivity index (χ4v) is 4.44. The van der Waals surface area contributed by atoms with Crippen molar-refractivity contribution < 1.29 is 14.3 Å². The maximum Gasteiger partial charge on any atom is 0.278 e. The van der Waals surface area contributed by atoms with Crippen molar-refractivity contribution in [2.24, 2.45) is 0 Å². The summed E-state index contributed by atoms with van der Waals surface area (Å²) in [6.45, 7) is 6.53. The van der Waals surface area contributed by atoms with Crippen molar-refractivity contribution in [2.45, 2.75) is 46.0 Å². The van der Waals surface area contributed by atoms with Crippen molar-refractivity contribution in [1.29, 1.82) is 0 Å². The van der Waals surface area contributed by atoms with Crippen LogP contribution in [0.3, 0.4) is 0 Å². The highest BCUT2D eigenvalue weighted by Gasteiger charge is 2.42. The number of ether oxygens (including phenoxy) is 1. The van der Waals surface area contributed by atoms with Gasteiger partial charge in [0.25, 0.3) is 11.8 Å². The van der Waals surface area contributed by atoms with Crippen molar-refractivity contribution in [1.82, 2.24) is 4.90 Å². The van der Waals surface area contributed by atoms with Crippen molar-refractivity contribution in [3.63, 3.8) is 0 Å². The van der Waals surface area contributed by atoms with E-state index in [0.29, 0.717) is 30.8 Å². The lowest BCUT2D eigenvalue weighted by molar-refractivity contribution is -0.137. The van der Waals surface area contributed by atoms with Gasteiger partial charge in [-0.2, -0.15) is 0 Å². The second kappa shape index (κ2) is 10.1. The number of unbranched alkanes of at least 4 members (excludes halogenated alkanes) is 1. The minimum atomic E-state index is -0.203. The Morgan fingerprint density at radius 3 is 2.47 bits per heavy atom. The molecule has 0 unspecified atom stereocenters. The van der Waals surface area contributed by atoms with Crippen LogP contribution in [0.1, 0.15) is 49.3 Å². The Balaban J connectivity index is 1.65. The van der Waals surface area contributed by atoms with Gasteiger partial charge in [0, 0.05) is 32.0 Å². The third-order valence-electron chi connectivity index (χ3n) is 6.18. The number of hydrogen-bond acceptors (Lipinski definition) is 4. The lowest BCUT2D eigenvalue weighted by atomic mass is 9.98. The second-order valence-electron chi connectivity index (χ2n) is 8.55. The summed E-state index contributed by atoms with van der Waals surface area (Å²) < 4.78 is 5.65. The molecule has 5 heteroatoms. The van der Waals surface area contributed by atoms with Gasteiger partial charge in [0.05, 0.1) is 5.57 Å². The molecule has 0 aliphatic carbocycles. The van der Waals surface area contributed by atoms with E-state index in [1.807, 2.05) is 43.3 Å². The number of nitrogens with zero attached hydrogens (tertiary/aromatic N) is 2. The summed E-state index contributed by atoms with van der Waals surface area (Å²) in [7, 11) is 0. The molecule has 0 fully saturated rings. The van der Waals surface area contributed by atoms with Gasteiger partial charge < -0.3 is 9.64 Å². The van der Waals surface area contributed by atoms with Gasteiger partial charge in [-0.15, -0.1) is 0 Å². The van der Waals surface area contributed by atoms with Crippen LogP contribution < -0.4 is 4.90 Å². The summed E-state index contributed by atoms with van der Waals surface area (Å²) in [6.07, 6.45) is 4.70. The highest BCUT2D eigenvalue weighted by Crippen LogP contribution is 2.37. The quantitative estimate of drug-likeness (QED) is 0.424. The van der Waals surface area contributed by atoms with Gasteiger partial charge in [-0.3, -0.25) is 14.5 Å². The van der Waals surface area contributed by atoms with Crippen LogP contribution in [-0.2, 0) is 20.7 Å². The van der Waals surface area contributed by atoms with Gasteiger partial charge in [-0.1, -0.05) is 61.4 Å². The molecule has 4 rings (SSSR count). The number of benzene rings is 2.